The van der Waals surface area contributed by atoms with E-state index in [9.17, 15) is 4.79 Å². The topological polar surface area (TPSA) is 26.3 Å². The number of hydrogen-bond acceptors (Lipinski definition) is 3. The minimum atomic E-state index is 0.0110. The molecule has 0 aromatic carbocycles. The molecule has 0 amide bonds. The van der Waals surface area contributed by atoms with Crippen molar-refractivity contribution >= 4 is 16.9 Å². The molecule has 1 saturated heterocycles. The molecule has 0 N–H and O–H groups in total. The fourth-order valence-corrected chi connectivity index (χ4v) is 1.79. The maximum atomic E-state index is 10.8. The predicted molar refractivity (Wildman–Crippen MR) is 46.4 cm³/mol. The zero-order valence-electron chi connectivity index (χ0n) is 6.41. The summed E-state index contributed by atoms with van der Waals surface area (Å²) < 4.78 is 5.34. The standard InChI is InChI=1S/C8H12O2S/c1-2-7(9)11-8-5-3-4-6-10-8/h2,8H,1,3-6H2. The molecule has 11 heavy (non-hydrogen) atoms. The van der Waals surface area contributed by atoms with Crippen LogP contribution in [0.5, 0.6) is 0 Å². The van der Waals surface area contributed by atoms with Crippen LogP contribution in [0.2, 0.25) is 0 Å². The van der Waals surface area contributed by atoms with Gasteiger partial charge in [-0.05, 0) is 25.3 Å². The van der Waals surface area contributed by atoms with Gasteiger partial charge in [-0.25, -0.2) is 0 Å². The Balaban J connectivity index is 2.24. The average Bonchev–Trinajstić information content (AvgIpc) is 2.06. The van der Waals surface area contributed by atoms with Crippen molar-refractivity contribution in [2.75, 3.05) is 6.61 Å². The lowest BCUT2D eigenvalue weighted by Crippen LogP contribution is -2.16. The average molecular weight is 172 g/mol. The maximum absolute atomic E-state index is 10.8. The number of rotatable bonds is 2. The molecule has 1 fully saturated rings. The first kappa shape index (κ1) is 8.81. The Labute approximate surface area is 71.0 Å². The smallest absolute Gasteiger partial charge is 0.214 e. The molecule has 1 aliphatic heterocycles. The highest BCUT2D eigenvalue weighted by molar-refractivity contribution is 8.14. The van der Waals surface area contributed by atoms with Crippen molar-refractivity contribution in [3.8, 4) is 0 Å². The van der Waals surface area contributed by atoms with E-state index in [0.717, 1.165) is 19.4 Å². The number of hydrogen-bond donors (Lipinski definition) is 0. The molecule has 1 unspecified atom stereocenters. The largest absolute Gasteiger partial charge is 0.367 e. The second kappa shape index (κ2) is 4.57. The molecule has 0 saturated carbocycles. The zero-order chi connectivity index (χ0) is 8.10. The Morgan fingerprint density at radius 3 is 3.00 bits per heavy atom. The third-order valence-electron chi connectivity index (χ3n) is 1.55. The number of carbonyl (C=O) groups is 1. The molecule has 1 atom stereocenters. The molecule has 0 spiro atoms. The minimum Gasteiger partial charge on any atom is -0.367 e. The Hall–Kier alpha value is -0.280. The summed E-state index contributed by atoms with van der Waals surface area (Å²) in [5.74, 6) is 0. The Kier molecular flexibility index (Phi) is 3.66. The van der Waals surface area contributed by atoms with Gasteiger partial charge >= 0.3 is 0 Å². The molecule has 2 nitrogen and oxygen atoms in total. The highest BCUT2D eigenvalue weighted by atomic mass is 32.2. The van der Waals surface area contributed by atoms with Crippen LogP contribution in [0.1, 0.15) is 19.3 Å². The summed E-state index contributed by atoms with van der Waals surface area (Å²) >= 11 is 1.24. The lowest BCUT2D eigenvalue weighted by molar-refractivity contribution is -0.107. The van der Waals surface area contributed by atoms with Gasteiger partial charge in [0.15, 0.2) is 0 Å². The van der Waals surface area contributed by atoms with Crippen LogP contribution in [-0.2, 0) is 9.53 Å². The molecule has 0 radical (unpaired) electrons. The van der Waals surface area contributed by atoms with Crippen molar-refractivity contribution in [3.05, 3.63) is 12.7 Å². The number of ether oxygens (including phenoxy) is 1. The van der Waals surface area contributed by atoms with Gasteiger partial charge in [0.25, 0.3) is 0 Å². The molecule has 0 bridgehead atoms. The van der Waals surface area contributed by atoms with E-state index in [4.69, 9.17) is 4.74 Å². The van der Waals surface area contributed by atoms with Crippen LogP contribution in [0.25, 0.3) is 0 Å². The summed E-state index contributed by atoms with van der Waals surface area (Å²) in [5.41, 5.74) is 0.0780. The van der Waals surface area contributed by atoms with Crippen LogP contribution in [0.4, 0.5) is 0 Å². The zero-order valence-corrected chi connectivity index (χ0v) is 7.23. The van der Waals surface area contributed by atoms with E-state index in [1.165, 1.54) is 24.3 Å². The van der Waals surface area contributed by atoms with Gasteiger partial charge in [-0.15, -0.1) is 0 Å². The number of carbonyl (C=O) groups excluding carboxylic acids is 1. The first-order valence-corrected chi connectivity index (χ1v) is 4.65. The van der Waals surface area contributed by atoms with E-state index >= 15 is 0 Å². The summed E-state index contributed by atoms with van der Waals surface area (Å²) in [4.78, 5) is 10.8. The highest BCUT2D eigenvalue weighted by Crippen LogP contribution is 2.23. The molecule has 1 aliphatic rings. The van der Waals surface area contributed by atoms with Crippen LogP contribution < -0.4 is 0 Å². The van der Waals surface area contributed by atoms with E-state index < -0.39 is 0 Å². The predicted octanol–water partition coefficient (Wildman–Crippen LogP) is 1.96. The second-order valence-corrected chi connectivity index (χ2v) is 3.60. The summed E-state index contributed by atoms with van der Waals surface area (Å²) in [5, 5.41) is 0.0110. The molecular formula is C8H12O2S. The molecular weight excluding hydrogens is 160 g/mol. The SMILES string of the molecule is C=CC(=O)SC1CCCCO1. The fraction of sp³-hybridized carbons (Fsp3) is 0.625. The summed E-state index contributed by atoms with van der Waals surface area (Å²) in [6.45, 7) is 4.19. The van der Waals surface area contributed by atoms with Crippen molar-refractivity contribution in [1.29, 1.82) is 0 Å². The van der Waals surface area contributed by atoms with Gasteiger partial charge in [0, 0.05) is 6.61 Å². The van der Waals surface area contributed by atoms with Crippen LogP contribution in [-0.4, -0.2) is 17.2 Å². The van der Waals surface area contributed by atoms with Crippen molar-refractivity contribution in [1.82, 2.24) is 0 Å². The Morgan fingerprint density at radius 2 is 2.45 bits per heavy atom. The first-order chi connectivity index (χ1) is 5.33. The van der Waals surface area contributed by atoms with E-state index in [2.05, 4.69) is 6.58 Å². The summed E-state index contributed by atoms with van der Waals surface area (Å²) in [6, 6.07) is 0. The third-order valence-corrected chi connectivity index (χ3v) is 2.59. The van der Waals surface area contributed by atoms with Gasteiger partial charge in [0.05, 0.1) is 0 Å². The van der Waals surface area contributed by atoms with Crippen molar-refractivity contribution in [2.45, 2.75) is 24.7 Å². The second-order valence-electron chi connectivity index (χ2n) is 2.44. The normalized spacial score (nSPS) is 24.5. The Bertz CT molecular complexity index is 150. The first-order valence-electron chi connectivity index (χ1n) is 3.77. The quantitative estimate of drug-likeness (QED) is 0.596. The Morgan fingerprint density at radius 1 is 1.64 bits per heavy atom. The van der Waals surface area contributed by atoms with E-state index in [0.29, 0.717) is 0 Å². The van der Waals surface area contributed by atoms with Crippen molar-refractivity contribution < 1.29 is 9.53 Å². The molecule has 1 heterocycles. The fourth-order valence-electron chi connectivity index (χ4n) is 0.982. The molecule has 3 heteroatoms. The lowest BCUT2D eigenvalue weighted by atomic mass is 10.2. The van der Waals surface area contributed by atoms with Crippen molar-refractivity contribution in [3.63, 3.8) is 0 Å². The van der Waals surface area contributed by atoms with Gasteiger partial charge in [0.1, 0.15) is 5.44 Å². The van der Waals surface area contributed by atoms with Gasteiger partial charge in [-0.1, -0.05) is 18.3 Å². The van der Waals surface area contributed by atoms with Gasteiger partial charge in [-0.3, -0.25) is 4.79 Å². The van der Waals surface area contributed by atoms with Crippen LogP contribution in [0.15, 0.2) is 12.7 Å². The van der Waals surface area contributed by atoms with Gasteiger partial charge in [0.2, 0.25) is 5.12 Å². The third kappa shape index (κ3) is 3.08. The lowest BCUT2D eigenvalue weighted by Gasteiger charge is -2.20. The monoisotopic (exact) mass is 172 g/mol. The van der Waals surface area contributed by atoms with Gasteiger partial charge in [-0.2, -0.15) is 0 Å². The molecule has 0 aromatic heterocycles. The van der Waals surface area contributed by atoms with Crippen LogP contribution in [0.3, 0.4) is 0 Å². The van der Waals surface area contributed by atoms with Crippen LogP contribution in [0, 0.1) is 0 Å². The van der Waals surface area contributed by atoms with E-state index in [1.807, 2.05) is 0 Å². The maximum Gasteiger partial charge on any atom is 0.214 e. The molecule has 1 rings (SSSR count). The van der Waals surface area contributed by atoms with Crippen LogP contribution >= 0.6 is 11.8 Å². The van der Waals surface area contributed by atoms with E-state index in [1.54, 1.807) is 0 Å². The molecule has 0 aliphatic carbocycles. The molecule has 62 valence electrons. The molecule has 0 aromatic rings. The minimum absolute atomic E-state index is 0.0110. The number of thioether (sulfide) groups is 1. The van der Waals surface area contributed by atoms with Crippen molar-refractivity contribution in [2.24, 2.45) is 0 Å². The summed E-state index contributed by atoms with van der Waals surface area (Å²) in [7, 11) is 0. The van der Waals surface area contributed by atoms with Gasteiger partial charge < -0.3 is 4.74 Å². The summed E-state index contributed by atoms with van der Waals surface area (Å²) in [6.07, 6.45) is 4.62. The van der Waals surface area contributed by atoms with E-state index in [-0.39, 0.29) is 10.6 Å². The highest BCUT2D eigenvalue weighted by Gasteiger charge is 2.16.